The van der Waals surface area contributed by atoms with Crippen LogP contribution in [-0.4, -0.2) is 6.61 Å². The Bertz CT molecular complexity index is 625. The third-order valence-corrected chi connectivity index (χ3v) is 4.86. The minimum absolute atomic E-state index is 0.0643. The molecule has 2 aromatic carbocycles. The van der Waals surface area contributed by atoms with E-state index in [0.29, 0.717) is 0 Å². The van der Waals surface area contributed by atoms with Crippen molar-refractivity contribution in [3.05, 3.63) is 63.7 Å². The molecular weight excluding hydrogens is 348 g/mol. The van der Waals surface area contributed by atoms with E-state index in [1.807, 2.05) is 18.2 Å². The molecule has 0 saturated heterocycles. The molecule has 2 aromatic rings. The number of hydrogen-bond donors (Lipinski definition) is 0. The van der Waals surface area contributed by atoms with E-state index >= 15 is 0 Å². The minimum atomic E-state index is 0.0643. The lowest BCUT2D eigenvalue weighted by molar-refractivity contribution is 0.317. The van der Waals surface area contributed by atoms with E-state index in [-0.39, 0.29) is 4.83 Å². The van der Waals surface area contributed by atoms with Gasteiger partial charge in [-0.05, 0) is 60.7 Å². The first kappa shape index (κ1) is 16.4. The first-order valence-electron chi connectivity index (χ1n) is 7.16. The van der Waals surface area contributed by atoms with E-state index in [1.165, 1.54) is 11.1 Å². The summed E-state index contributed by atoms with van der Waals surface area (Å²) in [5.74, 6) is 0.902. The van der Waals surface area contributed by atoms with Crippen molar-refractivity contribution in [1.82, 2.24) is 0 Å². The standard InChI is InChI=1S/C18H20BrClO/c1-4-8-21-15-7-5-6-14(11-15)18(19)16-9-12(2)13(3)10-17(16)20/h5-7,9-11,18H,4,8H2,1-3H3. The van der Waals surface area contributed by atoms with Crippen LogP contribution in [0.5, 0.6) is 5.75 Å². The number of aryl methyl sites for hydroxylation is 2. The Morgan fingerprint density at radius 3 is 2.57 bits per heavy atom. The second-order valence-corrected chi connectivity index (χ2v) is 6.56. The number of alkyl halides is 1. The number of hydrogen-bond acceptors (Lipinski definition) is 1. The zero-order valence-corrected chi connectivity index (χ0v) is 15.0. The number of benzene rings is 2. The maximum absolute atomic E-state index is 6.41. The van der Waals surface area contributed by atoms with Crippen molar-refractivity contribution in [2.24, 2.45) is 0 Å². The molecule has 3 heteroatoms. The SMILES string of the molecule is CCCOc1cccc(C(Br)c2cc(C)c(C)cc2Cl)c1. The topological polar surface area (TPSA) is 9.23 Å². The van der Waals surface area contributed by atoms with Gasteiger partial charge in [-0.25, -0.2) is 0 Å². The minimum Gasteiger partial charge on any atom is -0.494 e. The van der Waals surface area contributed by atoms with Crippen LogP contribution in [0.2, 0.25) is 5.02 Å². The number of rotatable bonds is 5. The van der Waals surface area contributed by atoms with Gasteiger partial charge in [0, 0.05) is 5.02 Å². The van der Waals surface area contributed by atoms with Crippen molar-refractivity contribution in [2.45, 2.75) is 32.0 Å². The van der Waals surface area contributed by atoms with Crippen molar-refractivity contribution in [3.8, 4) is 5.75 Å². The molecular formula is C18H20BrClO. The summed E-state index contributed by atoms with van der Waals surface area (Å²) in [6.45, 7) is 7.02. The summed E-state index contributed by atoms with van der Waals surface area (Å²) in [6, 6.07) is 12.3. The molecule has 0 aliphatic heterocycles. The van der Waals surface area contributed by atoms with E-state index in [1.54, 1.807) is 0 Å². The van der Waals surface area contributed by atoms with Crippen LogP contribution in [-0.2, 0) is 0 Å². The summed E-state index contributed by atoms with van der Waals surface area (Å²) in [5.41, 5.74) is 4.70. The lowest BCUT2D eigenvalue weighted by atomic mass is 10.00. The molecule has 0 saturated carbocycles. The molecule has 21 heavy (non-hydrogen) atoms. The van der Waals surface area contributed by atoms with Crippen molar-refractivity contribution in [3.63, 3.8) is 0 Å². The number of halogens is 2. The van der Waals surface area contributed by atoms with Crippen LogP contribution >= 0.6 is 27.5 Å². The Hall–Kier alpha value is -0.990. The smallest absolute Gasteiger partial charge is 0.119 e. The molecule has 0 amide bonds. The predicted octanol–water partition coefficient (Wildman–Crippen LogP) is 6.23. The van der Waals surface area contributed by atoms with Crippen LogP contribution in [0, 0.1) is 13.8 Å². The molecule has 0 fully saturated rings. The fraction of sp³-hybridized carbons (Fsp3) is 0.333. The molecule has 1 atom stereocenters. The van der Waals surface area contributed by atoms with Gasteiger partial charge in [0.25, 0.3) is 0 Å². The van der Waals surface area contributed by atoms with Gasteiger partial charge in [-0.3, -0.25) is 0 Å². The van der Waals surface area contributed by atoms with Gasteiger partial charge in [0.15, 0.2) is 0 Å². The second-order valence-electron chi connectivity index (χ2n) is 5.24. The molecule has 0 N–H and O–H groups in total. The Kier molecular flexibility index (Phi) is 5.72. The van der Waals surface area contributed by atoms with Crippen LogP contribution < -0.4 is 4.74 Å². The van der Waals surface area contributed by atoms with Gasteiger partial charge in [-0.1, -0.05) is 52.7 Å². The molecule has 0 aliphatic carbocycles. The normalized spacial score (nSPS) is 12.2. The Labute approximate surface area is 140 Å². The van der Waals surface area contributed by atoms with Gasteiger partial charge in [0.2, 0.25) is 0 Å². The molecule has 0 spiro atoms. The third kappa shape index (κ3) is 4.02. The largest absolute Gasteiger partial charge is 0.494 e. The van der Waals surface area contributed by atoms with Crippen LogP contribution in [0.15, 0.2) is 36.4 Å². The van der Waals surface area contributed by atoms with Crippen molar-refractivity contribution >= 4 is 27.5 Å². The highest BCUT2D eigenvalue weighted by Gasteiger charge is 2.15. The number of ether oxygens (including phenoxy) is 1. The highest BCUT2D eigenvalue weighted by Crippen LogP contribution is 2.37. The van der Waals surface area contributed by atoms with Crippen molar-refractivity contribution < 1.29 is 4.74 Å². The summed E-state index contributed by atoms with van der Waals surface area (Å²) in [7, 11) is 0. The van der Waals surface area contributed by atoms with E-state index in [0.717, 1.165) is 34.9 Å². The molecule has 0 heterocycles. The highest BCUT2D eigenvalue weighted by molar-refractivity contribution is 9.09. The van der Waals surface area contributed by atoms with E-state index in [2.05, 4.69) is 54.9 Å². The quantitative estimate of drug-likeness (QED) is 0.569. The summed E-state index contributed by atoms with van der Waals surface area (Å²) in [4.78, 5) is 0.0643. The first-order valence-corrected chi connectivity index (χ1v) is 8.45. The Morgan fingerprint density at radius 2 is 1.86 bits per heavy atom. The van der Waals surface area contributed by atoms with Gasteiger partial charge in [0.1, 0.15) is 5.75 Å². The highest BCUT2D eigenvalue weighted by atomic mass is 79.9. The predicted molar refractivity (Wildman–Crippen MR) is 93.9 cm³/mol. The lowest BCUT2D eigenvalue weighted by Gasteiger charge is -2.16. The van der Waals surface area contributed by atoms with Crippen LogP contribution in [0.25, 0.3) is 0 Å². The van der Waals surface area contributed by atoms with E-state index < -0.39 is 0 Å². The average molecular weight is 368 g/mol. The second kappa shape index (κ2) is 7.33. The molecule has 1 nitrogen and oxygen atoms in total. The zero-order valence-electron chi connectivity index (χ0n) is 12.6. The average Bonchev–Trinajstić information content (AvgIpc) is 2.48. The van der Waals surface area contributed by atoms with Gasteiger partial charge < -0.3 is 4.74 Å². The molecule has 0 radical (unpaired) electrons. The van der Waals surface area contributed by atoms with Crippen LogP contribution in [0.1, 0.15) is 40.4 Å². The van der Waals surface area contributed by atoms with Crippen molar-refractivity contribution in [2.75, 3.05) is 6.61 Å². The van der Waals surface area contributed by atoms with Gasteiger partial charge >= 0.3 is 0 Å². The monoisotopic (exact) mass is 366 g/mol. The molecule has 0 aromatic heterocycles. The Balaban J connectivity index is 2.31. The Morgan fingerprint density at radius 1 is 1.14 bits per heavy atom. The first-order chi connectivity index (χ1) is 10.0. The third-order valence-electron chi connectivity index (χ3n) is 3.51. The van der Waals surface area contributed by atoms with Crippen LogP contribution in [0.3, 0.4) is 0 Å². The van der Waals surface area contributed by atoms with Gasteiger partial charge in [-0.2, -0.15) is 0 Å². The lowest BCUT2D eigenvalue weighted by Crippen LogP contribution is -1.99. The van der Waals surface area contributed by atoms with Crippen molar-refractivity contribution in [1.29, 1.82) is 0 Å². The molecule has 2 rings (SSSR count). The molecule has 0 aliphatic rings. The fourth-order valence-corrected chi connectivity index (χ4v) is 3.28. The summed E-state index contributed by atoms with van der Waals surface area (Å²) in [5, 5.41) is 0.792. The summed E-state index contributed by atoms with van der Waals surface area (Å²) in [6.07, 6.45) is 1.00. The maximum Gasteiger partial charge on any atom is 0.119 e. The summed E-state index contributed by atoms with van der Waals surface area (Å²) < 4.78 is 5.70. The van der Waals surface area contributed by atoms with Gasteiger partial charge in [0.05, 0.1) is 11.4 Å². The molecule has 1 unspecified atom stereocenters. The summed E-state index contributed by atoms with van der Waals surface area (Å²) >= 11 is 10.2. The zero-order chi connectivity index (χ0) is 15.4. The van der Waals surface area contributed by atoms with E-state index in [4.69, 9.17) is 16.3 Å². The van der Waals surface area contributed by atoms with Crippen LogP contribution in [0.4, 0.5) is 0 Å². The maximum atomic E-state index is 6.41. The fourth-order valence-electron chi connectivity index (χ4n) is 2.16. The van der Waals surface area contributed by atoms with Gasteiger partial charge in [-0.15, -0.1) is 0 Å². The molecule has 112 valence electrons. The molecule has 0 bridgehead atoms. The van der Waals surface area contributed by atoms with E-state index in [9.17, 15) is 0 Å².